The van der Waals surface area contributed by atoms with Crippen molar-refractivity contribution in [3.63, 3.8) is 0 Å². The standard InChI is InChI=1S/C18H15BrF2N4O/c19-11-5-7-12(8-6-11)23-15(26)9-10-22-17-13-3-1-2-4-14(13)24-18(25-17)16(20)21/h1-8,16H,9-10H2,(H,23,26)(H,22,24,25). The summed E-state index contributed by atoms with van der Waals surface area (Å²) in [5, 5.41) is 6.36. The van der Waals surface area contributed by atoms with Crippen LogP contribution in [0.5, 0.6) is 0 Å². The smallest absolute Gasteiger partial charge is 0.297 e. The van der Waals surface area contributed by atoms with Crippen LogP contribution in [-0.4, -0.2) is 22.4 Å². The average molecular weight is 421 g/mol. The first kappa shape index (κ1) is 18.2. The number of aromatic nitrogens is 2. The van der Waals surface area contributed by atoms with Crippen molar-refractivity contribution in [1.29, 1.82) is 0 Å². The highest BCUT2D eigenvalue weighted by Gasteiger charge is 2.15. The van der Waals surface area contributed by atoms with Crippen LogP contribution < -0.4 is 10.6 Å². The number of amides is 1. The highest BCUT2D eigenvalue weighted by atomic mass is 79.9. The highest BCUT2D eigenvalue weighted by Crippen LogP contribution is 2.24. The predicted octanol–water partition coefficient (Wildman–Crippen LogP) is 4.77. The zero-order chi connectivity index (χ0) is 18.5. The molecule has 0 aliphatic carbocycles. The molecule has 8 heteroatoms. The summed E-state index contributed by atoms with van der Waals surface area (Å²) in [6.07, 6.45) is -2.60. The third-order valence-electron chi connectivity index (χ3n) is 3.59. The number of hydrogen-bond donors (Lipinski definition) is 2. The molecule has 0 saturated carbocycles. The zero-order valence-electron chi connectivity index (χ0n) is 13.5. The molecule has 1 amide bonds. The summed E-state index contributed by atoms with van der Waals surface area (Å²) in [6, 6.07) is 14.1. The minimum absolute atomic E-state index is 0.165. The molecule has 0 aliphatic heterocycles. The van der Waals surface area contributed by atoms with E-state index in [9.17, 15) is 13.6 Å². The van der Waals surface area contributed by atoms with Gasteiger partial charge in [-0.1, -0.05) is 28.1 Å². The van der Waals surface area contributed by atoms with E-state index in [1.54, 1.807) is 36.4 Å². The molecule has 1 aromatic heterocycles. The van der Waals surface area contributed by atoms with Gasteiger partial charge < -0.3 is 10.6 Å². The third-order valence-corrected chi connectivity index (χ3v) is 4.12. The topological polar surface area (TPSA) is 66.9 Å². The van der Waals surface area contributed by atoms with Crippen molar-refractivity contribution >= 4 is 44.2 Å². The second kappa shape index (κ2) is 8.18. The van der Waals surface area contributed by atoms with Crippen LogP contribution in [0, 0.1) is 0 Å². The zero-order valence-corrected chi connectivity index (χ0v) is 15.1. The van der Waals surface area contributed by atoms with Gasteiger partial charge in [0.05, 0.1) is 5.52 Å². The lowest BCUT2D eigenvalue weighted by Crippen LogP contribution is -2.17. The molecule has 0 unspecified atom stereocenters. The van der Waals surface area contributed by atoms with E-state index in [0.29, 0.717) is 22.4 Å². The number of anilines is 2. The lowest BCUT2D eigenvalue weighted by molar-refractivity contribution is -0.115. The van der Waals surface area contributed by atoms with E-state index in [0.717, 1.165) is 4.47 Å². The molecule has 3 rings (SSSR count). The van der Waals surface area contributed by atoms with Gasteiger partial charge in [-0.3, -0.25) is 4.79 Å². The van der Waals surface area contributed by atoms with Crippen molar-refractivity contribution in [2.45, 2.75) is 12.8 Å². The van der Waals surface area contributed by atoms with Crippen LogP contribution in [0.1, 0.15) is 18.7 Å². The number of para-hydroxylation sites is 1. The van der Waals surface area contributed by atoms with Crippen molar-refractivity contribution in [3.8, 4) is 0 Å². The van der Waals surface area contributed by atoms with Crippen LogP contribution in [-0.2, 0) is 4.79 Å². The first-order valence-electron chi connectivity index (χ1n) is 7.87. The van der Waals surface area contributed by atoms with Gasteiger partial charge in [0.15, 0.2) is 5.82 Å². The van der Waals surface area contributed by atoms with Crippen LogP contribution in [0.25, 0.3) is 10.9 Å². The fourth-order valence-corrected chi connectivity index (χ4v) is 2.64. The highest BCUT2D eigenvalue weighted by molar-refractivity contribution is 9.10. The Bertz CT molecular complexity index is 919. The van der Waals surface area contributed by atoms with Crippen LogP contribution in [0.4, 0.5) is 20.3 Å². The Hall–Kier alpha value is -2.61. The van der Waals surface area contributed by atoms with Gasteiger partial charge in [0, 0.05) is 28.5 Å². The number of nitrogens with zero attached hydrogens (tertiary/aromatic N) is 2. The van der Waals surface area contributed by atoms with E-state index in [1.807, 2.05) is 12.1 Å². The van der Waals surface area contributed by atoms with Crippen molar-refractivity contribution in [2.75, 3.05) is 17.2 Å². The number of benzene rings is 2. The van der Waals surface area contributed by atoms with Gasteiger partial charge in [-0.15, -0.1) is 0 Å². The monoisotopic (exact) mass is 420 g/mol. The molecule has 0 radical (unpaired) electrons. The van der Waals surface area contributed by atoms with Gasteiger partial charge in [0.25, 0.3) is 6.43 Å². The van der Waals surface area contributed by atoms with Crippen molar-refractivity contribution in [3.05, 3.63) is 58.8 Å². The van der Waals surface area contributed by atoms with E-state index in [-0.39, 0.29) is 18.9 Å². The predicted molar refractivity (Wildman–Crippen MR) is 100 cm³/mol. The number of hydrogen-bond acceptors (Lipinski definition) is 4. The first-order valence-corrected chi connectivity index (χ1v) is 8.66. The van der Waals surface area contributed by atoms with E-state index in [4.69, 9.17) is 0 Å². The fraction of sp³-hybridized carbons (Fsp3) is 0.167. The number of fused-ring (bicyclic) bond motifs is 1. The Labute approximate surface area is 157 Å². The molecule has 0 bridgehead atoms. The van der Waals surface area contributed by atoms with Crippen LogP contribution in [0.2, 0.25) is 0 Å². The molecule has 134 valence electrons. The van der Waals surface area contributed by atoms with Crippen molar-refractivity contribution < 1.29 is 13.6 Å². The normalized spacial score (nSPS) is 10.9. The summed E-state index contributed by atoms with van der Waals surface area (Å²) in [5.74, 6) is -0.430. The molecule has 2 aromatic carbocycles. The lowest BCUT2D eigenvalue weighted by atomic mass is 10.2. The summed E-state index contributed by atoms with van der Waals surface area (Å²) >= 11 is 3.33. The Balaban J connectivity index is 1.65. The Morgan fingerprint density at radius 2 is 1.81 bits per heavy atom. The average Bonchev–Trinajstić information content (AvgIpc) is 2.63. The van der Waals surface area contributed by atoms with Gasteiger partial charge >= 0.3 is 0 Å². The van der Waals surface area contributed by atoms with Crippen molar-refractivity contribution in [1.82, 2.24) is 9.97 Å². The molecule has 0 saturated heterocycles. The maximum atomic E-state index is 13.0. The van der Waals surface area contributed by atoms with E-state index < -0.39 is 12.2 Å². The Morgan fingerprint density at radius 1 is 1.08 bits per heavy atom. The van der Waals surface area contributed by atoms with Crippen LogP contribution >= 0.6 is 15.9 Å². The molecule has 0 spiro atoms. The Morgan fingerprint density at radius 3 is 2.54 bits per heavy atom. The number of carbonyl (C=O) groups is 1. The molecule has 2 N–H and O–H groups in total. The van der Waals surface area contributed by atoms with Gasteiger partial charge in [-0.05, 0) is 36.4 Å². The largest absolute Gasteiger partial charge is 0.369 e. The van der Waals surface area contributed by atoms with Crippen LogP contribution in [0.3, 0.4) is 0 Å². The summed E-state index contributed by atoms with van der Waals surface area (Å²) in [5.41, 5.74) is 1.12. The molecule has 0 fully saturated rings. The first-order chi connectivity index (χ1) is 12.5. The minimum atomic E-state index is -2.76. The molecular formula is C18H15BrF2N4O. The third kappa shape index (κ3) is 4.51. The van der Waals surface area contributed by atoms with E-state index in [2.05, 4.69) is 36.5 Å². The SMILES string of the molecule is O=C(CCNc1nc(C(F)F)nc2ccccc12)Nc1ccc(Br)cc1. The number of carbonyl (C=O) groups excluding carboxylic acids is 1. The summed E-state index contributed by atoms with van der Waals surface area (Å²) in [4.78, 5) is 19.7. The molecule has 3 aromatic rings. The quantitative estimate of drug-likeness (QED) is 0.602. The van der Waals surface area contributed by atoms with Gasteiger partial charge in [-0.2, -0.15) is 0 Å². The number of rotatable bonds is 6. The fourth-order valence-electron chi connectivity index (χ4n) is 2.38. The lowest BCUT2D eigenvalue weighted by Gasteiger charge is -2.11. The molecule has 5 nitrogen and oxygen atoms in total. The van der Waals surface area contributed by atoms with Gasteiger partial charge in [0.2, 0.25) is 5.91 Å². The van der Waals surface area contributed by atoms with Crippen LogP contribution in [0.15, 0.2) is 53.0 Å². The number of halogens is 3. The number of alkyl halides is 2. The molecule has 1 heterocycles. The van der Waals surface area contributed by atoms with E-state index >= 15 is 0 Å². The molecule has 0 aliphatic rings. The van der Waals surface area contributed by atoms with Crippen molar-refractivity contribution in [2.24, 2.45) is 0 Å². The summed E-state index contributed by atoms with van der Waals surface area (Å²) < 4.78 is 26.9. The Kier molecular flexibility index (Phi) is 5.72. The van der Waals surface area contributed by atoms with Gasteiger partial charge in [0.1, 0.15) is 5.82 Å². The summed E-state index contributed by atoms with van der Waals surface area (Å²) in [7, 11) is 0. The molecule has 0 atom stereocenters. The maximum Gasteiger partial charge on any atom is 0.297 e. The number of nitrogens with one attached hydrogen (secondary N) is 2. The van der Waals surface area contributed by atoms with Gasteiger partial charge in [-0.25, -0.2) is 18.7 Å². The minimum Gasteiger partial charge on any atom is -0.369 e. The van der Waals surface area contributed by atoms with E-state index in [1.165, 1.54) is 0 Å². The molecular weight excluding hydrogens is 406 g/mol. The summed E-state index contributed by atoms with van der Waals surface area (Å²) in [6.45, 7) is 0.256. The maximum absolute atomic E-state index is 13.0. The molecule has 26 heavy (non-hydrogen) atoms. The second-order valence-electron chi connectivity index (χ2n) is 5.48. The second-order valence-corrected chi connectivity index (χ2v) is 6.40.